The van der Waals surface area contributed by atoms with E-state index in [-0.39, 0.29) is 12.4 Å². The van der Waals surface area contributed by atoms with E-state index in [2.05, 4.69) is 0 Å². The van der Waals surface area contributed by atoms with Crippen molar-refractivity contribution in [3.8, 4) is 5.75 Å². The summed E-state index contributed by atoms with van der Waals surface area (Å²) < 4.78 is 56.9. The molecule has 0 heterocycles. The predicted octanol–water partition coefficient (Wildman–Crippen LogP) is 3.38. The molecule has 0 spiro atoms. The maximum absolute atomic E-state index is 13.1. The molecule has 0 aliphatic rings. The van der Waals surface area contributed by atoms with E-state index in [0.717, 1.165) is 12.1 Å². The highest BCUT2D eigenvalue weighted by atomic mass is 19.4. The Morgan fingerprint density at radius 2 is 1.83 bits per heavy atom. The lowest BCUT2D eigenvalue weighted by molar-refractivity contribution is -0.268. The molecule has 0 radical (unpaired) electrons. The maximum atomic E-state index is 13.1. The van der Waals surface area contributed by atoms with Crippen LogP contribution >= 0.6 is 0 Å². The minimum atomic E-state index is -4.90. The first-order valence-electron chi connectivity index (χ1n) is 5.48. The molecule has 2 nitrogen and oxygen atoms in total. The highest BCUT2D eigenvalue weighted by Crippen LogP contribution is 2.45. The molecule has 0 bridgehead atoms. The fourth-order valence-electron chi connectivity index (χ4n) is 1.65. The number of ether oxygens (including phenoxy) is 1. The second-order valence-corrected chi connectivity index (χ2v) is 3.79. The van der Waals surface area contributed by atoms with Crippen molar-refractivity contribution in [3.63, 3.8) is 0 Å². The number of aliphatic hydroxyl groups is 1. The van der Waals surface area contributed by atoms with Gasteiger partial charge in [-0.05, 0) is 31.5 Å². The molecule has 1 atom stereocenters. The molecule has 0 saturated carbocycles. The van der Waals surface area contributed by atoms with Gasteiger partial charge >= 0.3 is 6.18 Å². The third kappa shape index (κ3) is 2.58. The Kier molecular flexibility index (Phi) is 4.21. The van der Waals surface area contributed by atoms with Gasteiger partial charge in [-0.3, -0.25) is 0 Å². The van der Waals surface area contributed by atoms with Gasteiger partial charge in [0.25, 0.3) is 0 Å². The summed E-state index contributed by atoms with van der Waals surface area (Å²) in [4.78, 5) is 0. The number of halogens is 4. The first-order chi connectivity index (χ1) is 8.26. The second-order valence-electron chi connectivity index (χ2n) is 3.79. The molecule has 18 heavy (non-hydrogen) atoms. The monoisotopic (exact) mass is 266 g/mol. The molecular weight excluding hydrogens is 252 g/mol. The number of rotatable bonds is 4. The van der Waals surface area contributed by atoms with E-state index in [1.165, 1.54) is 6.92 Å². The quantitative estimate of drug-likeness (QED) is 0.846. The van der Waals surface area contributed by atoms with Crippen LogP contribution < -0.4 is 4.74 Å². The van der Waals surface area contributed by atoms with Crippen molar-refractivity contribution in [2.45, 2.75) is 32.0 Å². The SMILES string of the molecule is CCOc1ccc(F)cc1C(O)(CC)C(F)(F)F. The Bertz CT molecular complexity index is 417. The third-order valence-corrected chi connectivity index (χ3v) is 2.67. The number of alkyl halides is 3. The van der Waals surface area contributed by atoms with Gasteiger partial charge in [-0.25, -0.2) is 4.39 Å². The highest BCUT2D eigenvalue weighted by molar-refractivity contribution is 5.39. The molecule has 0 aliphatic heterocycles. The van der Waals surface area contributed by atoms with E-state index in [4.69, 9.17) is 4.74 Å². The highest BCUT2D eigenvalue weighted by Gasteiger charge is 2.55. The number of benzene rings is 1. The molecular formula is C12H14F4O2. The second kappa shape index (κ2) is 5.14. The number of hydrogen-bond acceptors (Lipinski definition) is 2. The van der Waals surface area contributed by atoms with Gasteiger partial charge in [0.2, 0.25) is 0 Å². The molecule has 1 unspecified atom stereocenters. The number of hydrogen-bond donors (Lipinski definition) is 1. The standard InChI is InChI=1S/C12H14F4O2/c1-3-11(17,12(14,15)16)9-7-8(13)5-6-10(9)18-4-2/h5-7,17H,3-4H2,1-2H3. The van der Waals surface area contributed by atoms with Crippen LogP contribution in [0.5, 0.6) is 5.75 Å². The summed E-state index contributed by atoms with van der Waals surface area (Å²) in [5, 5.41) is 9.79. The van der Waals surface area contributed by atoms with Crippen LogP contribution in [0.15, 0.2) is 18.2 Å². The molecule has 1 aromatic carbocycles. The minimum absolute atomic E-state index is 0.121. The molecule has 1 rings (SSSR count). The van der Waals surface area contributed by atoms with Gasteiger partial charge in [-0.15, -0.1) is 0 Å². The summed E-state index contributed by atoms with van der Waals surface area (Å²) in [6.45, 7) is 2.89. The molecule has 0 amide bonds. The van der Waals surface area contributed by atoms with Crippen molar-refractivity contribution in [1.29, 1.82) is 0 Å². The van der Waals surface area contributed by atoms with Crippen LogP contribution in [0.2, 0.25) is 0 Å². The van der Waals surface area contributed by atoms with Gasteiger partial charge in [0.15, 0.2) is 5.60 Å². The average Bonchev–Trinajstić information content (AvgIpc) is 2.29. The topological polar surface area (TPSA) is 29.5 Å². The molecule has 0 aliphatic carbocycles. The summed E-state index contributed by atoms with van der Waals surface area (Å²) in [6.07, 6.45) is -5.53. The van der Waals surface area contributed by atoms with E-state index in [1.807, 2.05) is 0 Å². The van der Waals surface area contributed by atoms with Gasteiger partial charge in [0.1, 0.15) is 11.6 Å². The first-order valence-corrected chi connectivity index (χ1v) is 5.48. The normalized spacial score (nSPS) is 15.3. The van der Waals surface area contributed by atoms with Gasteiger partial charge in [-0.2, -0.15) is 13.2 Å². The van der Waals surface area contributed by atoms with Crippen LogP contribution in [0.25, 0.3) is 0 Å². The van der Waals surface area contributed by atoms with Crippen LogP contribution in [0.4, 0.5) is 17.6 Å². The van der Waals surface area contributed by atoms with Crippen LogP contribution in [0, 0.1) is 5.82 Å². The summed E-state index contributed by atoms with van der Waals surface area (Å²) in [5.74, 6) is -1.02. The summed E-state index contributed by atoms with van der Waals surface area (Å²) >= 11 is 0. The Labute approximate surface area is 102 Å². The Hall–Kier alpha value is -1.30. The van der Waals surface area contributed by atoms with Gasteiger partial charge in [-0.1, -0.05) is 6.92 Å². The lowest BCUT2D eigenvalue weighted by Crippen LogP contribution is -2.42. The zero-order chi connectivity index (χ0) is 14.0. The zero-order valence-corrected chi connectivity index (χ0v) is 10.0. The molecule has 0 saturated heterocycles. The van der Waals surface area contributed by atoms with E-state index in [1.54, 1.807) is 6.92 Å². The molecule has 6 heteroatoms. The van der Waals surface area contributed by atoms with Crippen molar-refractivity contribution in [2.24, 2.45) is 0 Å². The Morgan fingerprint density at radius 1 is 1.22 bits per heavy atom. The van der Waals surface area contributed by atoms with Gasteiger partial charge in [0, 0.05) is 5.56 Å². The summed E-state index contributed by atoms with van der Waals surface area (Å²) in [7, 11) is 0. The van der Waals surface area contributed by atoms with Crippen LogP contribution in [0.3, 0.4) is 0 Å². The van der Waals surface area contributed by atoms with E-state index < -0.39 is 29.6 Å². The lowest BCUT2D eigenvalue weighted by Gasteiger charge is -2.31. The van der Waals surface area contributed by atoms with E-state index in [9.17, 15) is 22.7 Å². The predicted molar refractivity (Wildman–Crippen MR) is 57.8 cm³/mol. The van der Waals surface area contributed by atoms with Crippen molar-refractivity contribution < 1.29 is 27.4 Å². The molecule has 1 aromatic rings. The van der Waals surface area contributed by atoms with Gasteiger partial charge in [0.05, 0.1) is 6.61 Å². The summed E-state index contributed by atoms with van der Waals surface area (Å²) in [5.41, 5.74) is -3.71. The fourth-order valence-corrected chi connectivity index (χ4v) is 1.65. The zero-order valence-electron chi connectivity index (χ0n) is 10.0. The first kappa shape index (κ1) is 14.8. The Morgan fingerprint density at radius 3 is 2.28 bits per heavy atom. The molecule has 102 valence electrons. The summed E-state index contributed by atoms with van der Waals surface area (Å²) in [6, 6.07) is 2.73. The van der Waals surface area contributed by atoms with Crippen LogP contribution in [-0.2, 0) is 5.60 Å². The minimum Gasteiger partial charge on any atom is -0.493 e. The average molecular weight is 266 g/mol. The van der Waals surface area contributed by atoms with Crippen LogP contribution in [-0.4, -0.2) is 17.9 Å². The molecule has 0 fully saturated rings. The van der Waals surface area contributed by atoms with Crippen LogP contribution in [0.1, 0.15) is 25.8 Å². The lowest BCUT2D eigenvalue weighted by atomic mass is 9.89. The Balaban J connectivity index is 3.40. The van der Waals surface area contributed by atoms with Crippen molar-refractivity contribution in [1.82, 2.24) is 0 Å². The third-order valence-electron chi connectivity index (χ3n) is 2.67. The maximum Gasteiger partial charge on any atom is 0.421 e. The molecule has 0 aromatic heterocycles. The van der Waals surface area contributed by atoms with E-state index in [0.29, 0.717) is 6.07 Å². The van der Waals surface area contributed by atoms with Crippen molar-refractivity contribution >= 4 is 0 Å². The molecule has 1 N–H and O–H groups in total. The largest absolute Gasteiger partial charge is 0.493 e. The van der Waals surface area contributed by atoms with Crippen molar-refractivity contribution in [3.05, 3.63) is 29.6 Å². The van der Waals surface area contributed by atoms with E-state index >= 15 is 0 Å². The van der Waals surface area contributed by atoms with Gasteiger partial charge < -0.3 is 9.84 Å². The smallest absolute Gasteiger partial charge is 0.421 e. The fraction of sp³-hybridized carbons (Fsp3) is 0.500. The van der Waals surface area contributed by atoms with Crippen molar-refractivity contribution in [2.75, 3.05) is 6.61 Å².